The summed E-state index contributed by atoms with van der Waals surface area (Å²) < 4.78 is 0. The molecule has 1 aromatic rings. The maximum atomic E-state index is 4.53. The Morgan fingerprint density at radius 1 is 1.03 bits per heavy atom. The number of guanidine groups is 1. The average molecular weight is 528 g/mol. The van der Waals surface area contributed by atoms with E-state index in [4.69, 9.17) is 0 Å². The van der Waals surface area contributed by atoms with Crippen molar-refractivity contribution in [3.8, 4) is 0 Å². The molecule has 170 valence electrons. The molecule has 1 aliphatic heterocycles. The standard InChI is InChI=1S/C24H41N5.HI/c1-20(2)22(29-16-14-28(4)15-17-29)18-26-23(25-3)27-19-24(12-8-9-13-24)21-10-6-5-7-11-21;/h5-7,10-11,20,22H,8-9,12-19H2,1-4H3,(H2,25,26,27);1H. The molecule has 1 saturated carbocycles. The third kappa shape index (κ3) is 6.57. The van der Waals surface area contributed by atoms with Gasteiger partial charge in [-0.05, 0) is 31.4 Å². The van der Waals surface area contributed by atoms with Crippen LogP contribution in [0.25, 0.3) is 0 Å². The average Bonchev–Trinajstić information content (AvgIpc) is 3.22. The molecule has 5 nitrogen and oxygen atoms in total. The van der Waals surface area contributed by atoms with Crippen molar-refractivity contribution in [3.05, 3.63) is 35.9 Å². The van der Waals surface area contributed by atoms with E-state index in [1.54, 1.807) is 0 Å². The Morgan fingerprint density at radius 3 is 2.23 bits per heavy atom. The number of halogens is 1. The summed E-state index contributed by atoms with van der Waals surface area (Å²) in [6.45, 7) is 11.2. The fourth-order valence-corrected chi connectivity index (χ4v) is 5.03. The number of likely N-dealkylation sites (N-methyl/N-ethyl adjacent to an activating group) is 1. The highest BCUT2D eigenvalue weighted by atomic mass is 127. The van der Waals surface area contributed by atoms with E-state index < -0.39 is 0 Å². The van der Waals surface area contributed by atoms with Crippen LogP contribution in [0.15, 0.2) is 35.3 Å². The van der Waals surface area contributed by atoms with Gasteiger partial charge >= 0.3 is 0 Å². The minimum Gasteiger partial charge on any atom is -0.356 e. The molecular formula is C24H42IN5. The number of hydrogen-bond donors (Lipinski definition) is 2. The van der Waals surface area contributed by atoms with Gasteiger partial charge in [0.05, 0.1) is 0 Å². The second-order valence-corrected chi connectivity index (χ2v) is 9.31. The summed E-state index contributed by atoms with van der Waals surface area (Å²) in [7, 11) is 4.11. The number of aliphatic imine (C=N–C) groups is 1. The van der Waals surface area contributed by atoms with Crippen molar-refractivity contribution < 1.29 is 0 Å². The van der Waals surface area contributed by atoms with E-state index in [0.29, 0.717) is 12.0 Å². The van der Waals surface area contributed by atoms with E-state index in [0.717, 1.165) is 45.2 Å². The van der Waals surface area contributed by atoms with Crippen LogP contribution in [0.3, 0.4) is 0 Å². The number of nitrogens with zero attached hydrogens (tertiary/aromatic N) is 3. The molecule has 1 aromatic carbocycles. The van der Waals surface area contributed by atoms with E-state index in [9.17, 15) is 0 Å². The molecule has 6 heteroatoms. The zero-order chi connectivity index (χ0) is 20.7. The normalized spacial score (nSPS) is 21.3. The van der Waals surface area contributed by atoms with Crippen molar-refractivity contribution in [1.29, 1.82) is 0 Å². The smallest absolute Gasteiger partial charge is 0.191 e. The summed E-state index contributed by atoms with van der Waals surface area (Å²) in [5.41, 5.74) is 1.71. The molecule has 0 radical (unpaired) electrons. The summed E-state index contributed by atoms with van der Waals surface area (Å²) in [5, 5.41) is 7.30. The number of benzene rings is 1. The van der Waals surface area contributed by atoms with Gasteiger partial charge in [-0.3, -0.25) is 9.89 Å². The number of piperazine rings is 1. The summed E-state index contributed by atoms with van der Waals surface area (Å²) in [4.78, 5) is 9.60. The first-order chi connectivity index (χ1) is 14.0. The monoisotopic (exact) mass is 527 g/mol. The molecule has 2 N–H and O–H groups in total. The van der Waals surface area contributed by atoms with Gasteiger partial charge in [0.2, 0.25) is 0 Å². The Kier molecular flexibility index (Phi) is 10.4. The lowest BCUT2D eigenvalue weighted by Gasteiger charge is -2.40. The first-order valence-corrected chi connectivity index (χ1v) is 11.5. The van der Waals surface area contributed by atoms with Crippen LogP contribution in [0.5, 0.6) is 0 Å². The summed E-state index contributed by atoms with van der Waals surface area (Å²) in [5.74, 6) is 1.56. The van der Waals surface area contributed by atoms with Crippen LogP contribution in [-0.2, 0) is 5.41 Å². The van der Waals surface area contributed by atoms with Crippen LogP contribution < -0.4 is 10.6 Å². The lowest BCUT2D eigenvalue weighted by atomic mass is 9.79. The van der Waals surface area contributed by atoms with Gasteiger partial charge in [-0.25, -0.2) is 0 Å². The molecule has 1 unspecified atom stereocenters. The van der Waals surface area contributed by atoms with Crippen LogP contribution in [0.2, 0.25) is 0 Å². The molecule has 30 heavy (non-hydrogen) atoms. The summed E-state index contributed by atoms with van der Waals surface area (Å²) >= 11 is 0. The number of nitrogens with one attached hydrogen (secondary N) is 2. The van der Waals surface area contributed by atoms with E-state index >= 15 is 0 Å². The summed E-state index contributed by atoms with van der Waals surface area (Å²) in [6.07, 6.45) is 5.16. The molecule has 3 rings (SSSR count). The molecule has 0 bridgehead atoms. The van der Waals surface area contributed by atoms with Crippen molar-refractivity contribution in [2.24, 2.45) is 10.9 Å². The Labute approximate surface area is 201 Å². The summed E-state index contributed by atoms with van der Waals surface area (Å²) in [6, 6.07) is 11.6. The van der Waals surface area contributed by atoms with Crippen LogP contribution in [0, 0.1) is 5.92 Å². The predicted molar refractivity (Wildman–Crippen MR) is 139 cm³/mol. The van der Waals surface area contributed by atoms with Crippen LogP contribution in [-0.4, -0.2) is 75.2 Å². The molecule has 2 aliphatic rings. The van der Waals surface area contributed by atoms with E-state index in [1.807, 2.05) is 7.05 Å². The van der Waals surface area contributed by atoms with Crippen molar-refractivity contribution in [2.75, 3.05) is 53.4 Å². The minimum atomic E-state index is 0. The van der Waals surface area contributed by atoms with Crippen molar-refractivity contribution in [2.45, 2.75) is 51.0 Å². The number of hydrogen-bond acceptors (Lipinski definition) is 3. The molecule has 1 atom stereocenters. The second-order valence-electron chi connectivity index (χ2n) is 9.31. The van der Waals surface area contributed by atoms with Crippen molar-refractivity contribution >= 4 is 29.9 Å². The zero-order valence-corrected chi connectivity index (χ0v) is 21.7. The van der Waals surface area contributed by atoms with Crippen LogP contribution in [0.4, 0.5) is 0 Å². The highest BCUT2D eigenvalue weighted by molar-refractivity contribution is 14.0. The van der Waals surface area contributed by atoms with Crippen molar-refractivity contribution in [3.63, 3.8) is 0 Å². The molecule has 0 aromatic heterocycles. The lowest BCUT2D eigenvalue weighted by molar-refractivity contribution is 0.0900. The van der Waals surface area contributed by atoms with Gasteiger partial charge in [-0.1, -0.05) is 57.0 Å². The molecule has 1 aliphatic carbocycles. The number of rotatable bonds is 7. The van der Waals surface area contributed by atoms with Crippen LogP contribution >= 0.6 is 24.0 Å². The minimum absolute atomic E-state index is 0. The third-order valence-electron chi connectivity index (χ3n) is 7.02. The third-order valence-corrected chi connectivity index (χ3v) is 7.02. The topological polar surface area (TPSA) is 42.9 Å². The van der Waals surface area contributed by atoms with Gasteiger partial charge in [0, 0.05) is 57.8 Å². The second kappa shape index (κ2) is 12.2. The first-order valence-electron chi connectivity index (χ1n) is 11.5. The Hall–Kier alpha value is -0.860. The highest BCUT2D eigenvalue weighted by Gasteiger charge is 2.35. The van der Waals surface area contributed by atoms with Gasteiger partial charge in [0.25, 0.3) is 0 Å². The first kappa shape index (κ1) is 25.4. The Balaban J connectivity index is 0.00000320. The fourth-order valence-electron chi connectivity index (χ4n) is 5.03. The van der Waals surface area contributed by atoms with Crippen molar-refractivity contribution in [1.82, 2.24) is 20.4 Å². The lowest BCUT2D eigenvalue weighted by Crippen LogP contribution is -2.55. The predicted octanol–water partition coefficient (Wildman–Crippen LogP) is 3.55. The van der Waals surface area contributed by atoms with Gasteiger partial charge in [0.1, 0.15) is 0 Å². The Morgan fingerprint density at radius 2 is 1.67 bits per heavy atom. The van der Waals surface area contributed by atoms with E-state index in [1.165, 1.54) is 31.2 Å². The SMILES string of the molecule is CN=C(NCC(C(C)C)N1CCN(C)CC1)NCC1(c2ccccc2)CCCC1.I. The van der Waals surface area contributed by atoms with Gasteiger partial charge < -0.3 is 15.5 Å². The molecule has 0 spiro atoms. The van der Waals surface area contributed by atoms with E-state index in [-0.39, 0.29) is 29.4 Å². The quantitative estimate of drug-likeness (QED) is 0.324. The van der Waals surface area contributed by atoms with Gasteiger partial charge in [0.15, 0.2) is 5.96 Å². The maximum Gasteiger partial charge on any atom is 0.191 e. The fraction of sp³-hybridized carbons (Fsp3) is 0.708. The van der Waals surface area contributed by atoms with E-state index in [2.05, 4.69) is 76.7 Å². The van der Waals surface area contributed by atoms with Gasteiger partial charge in [-0.15, -0.1) is 24.0 Å². The molecule has 0 amide bonds. The van der Waals surface area contributed by atoms with Crippen LogP contribution in [0.1, 0.15) is 45.1 Å². The maximum absolute atomic E-state index is 4.53. The Bertz CT molecular complexity index is 634. The molecular weight excluding hydrogens is 485 g/mol. The highest BCUT2D eigenvalue weighted by Crippen LogP contribution is 2.40. The molecule has 1 heterocycles. The molecule has 2 fully saturated rings. The van der Waals surface area contributed by atoms with Gasteiger partial charge in [-0.2, -0.15) is 0 Å². The zero-order valence-electron chi connectivity index (χ0n) is 19.4. The molecule has 1 saturated heterocycles. The largest absolute Gasteiger partial charge is 0.356 e.